The number of hydrogen-bond acceptors (Lipinski definition) is 5. The Hall–Kier alpha value is -2.54. The zero-order valence-corrected chi connectivity index (χ0v) is 17.3. The molecule has 0 bridgehead atoms. The van der Waals surface area contributed by atoms with E-state index in [1.165, 1.54) is 25.0 Å². The quantitative estimate of drug-likeness (QED) is 0.531. The van der Waals surface area contributed by atoms with Crippen LogP contribution in [0.2, 0.25) is 0 Å². The molecule has 0 unspecified atom stereocenters. The summed E-state index contributed by atoms with van der Waals surface area (Å²) < 4.78 is 11.3. The Kier molecular flexibility index (Phi) is 6.85. The lowest BCUT2D eigenvalue weighted by atomic mass is 9.87. The van der Waals surface area contributed by atoms with E-state index in [4.69, 9.17) is 9.47 Å². The number of nitrogens with zero attached hydrogens (tertiary/aromatic N) is 1. The average Bonchev–Trinajstić information content (AvgIpc) is 2.61. The van der Waals surface area contributed by atoms with Crippen molar-refractivity contribution in [2.75, 3.05) is 13.7 Å². The molecule has 0 aliphatic heterocycles. The molecule has 2 aromatic carbocycles. The second kappa shape index (κ2) is 8.90. The Bertz CT molecular complexity index is 844. The molecule has 2 N–H and O–H groups in total. The zero-order chi connectivity index (χ0) is 20.0. The van der Waals surface area contributed by atoms with Gasteiger partial charge in [-0.05, 0) is 62.8 Å². The van der Waals surface area contributed by atoms with E-state index < -0.39 is 0 Å². The van der Waals surface area contributed by atoms with E-state index in [9.17, 15) is 9.90 Å². The fourth-order valence-corrected chi connectivity index (χ4v) is 2.71. The molecule has 6 nitrogen and oxygen atoms in total. The molecular weight excluding hydrogens is 412 g/mol. The summed E-state index contributed by atoms with van der Waals surface area (Å²) in [6.45, 7) is 6.23. The number of carbonyl (C=O) groups is 1. The minimum atomic E-state index is -0.385. The molecule has 27 heavy (non-hydrogen) atoms. The standard InChI is InChI=1S/C20H23BrN2O4/c1-20(2,3)14-6-8-17(15(21)10-14)27-12-19(25)23-22-11-13-5-7-16(24)18(9-13)26-4/h5-11,24H,12H2,1-4H3,(H,23,25)/b22-11+. The number of phenols is 1. The number of hydrogen-bond donors (Lipinski definition) is 2. The molecule has 0 saturated heterocycles. The van der Waals surface area contributed by atoms with E-state index in [-0.39, 0.29) is 23.7 Å². The molecule has 0 spiro atoms. The van der Waals surface area contributed by atoms with Crippen LogP contribution in [0.15, 0.2) is 46.0 Å². The van der Waals surface area contributed by atoms with E-state index in [2.05, 4.69) is 47.2 Å². The summed E-state index contributed by atoms with van der Waals surface area (Å²) in [6, 6.07) is 10.6. The van der Waals surface area contributed by atoms with Gasteiger partial charge in [0.25, 0.3) is 5.91 Å². The predicted molar refractivity (Wildman–Crippen MR) is 109 cm³/mol. The van der Waals surface area contributed by atoms with Gasteiger partial charge in [-0.2, -0.15) is 5.10 Å². The van der Waals surface area contributed by atoms with Crippen LogP contribution < -0.4 is 14.9 Å². The number of methoxy groups -OCH3 is 1. The van der Waals surface area contributed by atoms with Crippen molar-refractivity contribution in [3.63, 3.8) is 0 Å². The molecule has 0 saturated carbocycles. The van der Waals surface area contributed by atoms with Crippen LogP contribution in [0, 0.1) is 0 Å². The Morgan fingerprint density at radius 1 is 1.22 bits per heavy atom. The predicted octanol–water partition coefficient (Wildman–Crippen LogP) is 3.99. The third kappa shape index (κ3) is 5.99. The van der Waals surface area contributed by atoms with Crippen LogP contribution in [0.1, 0.15) is 31.9 Å². The van der Waals surface area contributed by atoms with Gasteiger partial charge in [0.2, 0.25) is 0 Å². The van der Waals surface area contributed by atoms with Crippen molar-refractivity contribution in [2.45, 2.75) is 26.2 Å². The average molecular weight is 435 g/mol. The first-order valence-corrected chi connectivity index (χ1v) is 9.11. The van der Waals surface area contributed by atoms with Crippen LogP contribution in [0.25, 0.3) is 0 Å². The number of benzene rings is 2. The number of amides is 1. The van der Waals surface area contributed by atoms with Gasteiger partial charge in [0.05, 0.1) is 17.8 Å². The number of hydrazone groups is 1. The van der Waals surface area contributed by atoms with Crippen molar-refractivity contribution in [3.8, 4) is 17.2 Å². The Morgan fingerprint density at radius 3 is 2.59 bits per heavy atom. The fraction of sp³-hybridized carbons (Fsp3) is 0.300. The van der Waals surface area contributed by atoms with E-state index in [0.29, 0.717) is 17.1 Å². The van der Waals surface area contributed by atoms with Gasteiger partial charge in [0, 0.05) is 0 Å². The lowest BCUT2D eigenvalue weighted by Crippen LogP contribution is -2.24. The first kappa shape index (κ1) is 20.8. The van der Waals surface area contributed by atoms with Crippen molar-refractivity contribution in [1.82, 2.24) is 5.43 Å². The minimum Gasteiger partial charge on any atom is -0.504 e. The smallest absolute Gasteiger partial charge is 0.277 e. The molecule has 144 valence electrons. The maximum absolute atomic E-state index is 11.9. The van der Waals surface area contributed by atoms with Crippen molar-refractivity contribution >= 4 is 28.1 Å². The number of halogens is 1. The minimum absolute atomic E-state index is 0.0318. The Morgan fingerprint density at radius 2 is 1.96 bits per heavy atom. The van der Waals surface area contributed by atoms with Gasteiger partial charge >= 0.3 is 0 Å². The molecule has 0 fully saturated rings. The monoisotopic (exact) mass is 434 g/mol. The van der Waals surface area contributed by atoms with Gasteiger partial charge in [-0.25, -0.2) is 5.43 Å². The van der Waals surface area contributed by atoms with Crippen molar-refractivity contribution in [1.29, 1.82) is 0 Å². The van der Waals surface area contributed by atoms with Gasteiger partial charge in [-0.1, -0.05) is 26.8 Å². The van der Waals surface area contributed by atoms with E-state index in [1.54, 1.807) is 12.1 Å². The fourth-order valence-electron chi connectivity index (χ4n) is 2.21. The largest absolute Gasteiger partial charge is 0.504 e. The second-order valence-electron chi connectivity index (χ2n) is 6.91. The lowest BCUT2D eigenvalue weighted by molar-refractivity contribution is -0.123. The molecule has 0 atom stereocenters. The molecule has 0 heterocycles. The van der Waals surface area contributed by atoms with E-state index in [0.717, 1.165) is 4.47 Å². The summed E-state index contributed by atoms with van der Waals surface area (Å²) in [4.78, 5) is 11.9. The highest BCUT2D eigenvalue weighted by molar-refractivity contribution is 9.10. The molecule has 0 aromatic heterocycles. The van der Waals surface area contributed by atoms with Crippen LogP contribution >= 0.6 is 15.9 Å². The third-order valence-corrected chi connectivity index (χ3v) is 4.38. The highest BCUT2D eigenvalue weighted by Gasteiger charge is 2.15. The first-order chi connectivity index (χ1) is 12.7. The van der Waals surface area contributed by atoms with E-state index >= 15 is 0 Å². The van der Waals surface area contributed by atoms with Gasteiger partial charge in [0.1, 0.15) is 5.75 Å². The maximum atomic E-state index is 11.9. The summed E-state index contributed by atoms with van der Waals surface area (Å²) in [7, 11) is 1.46. The maximum Gasteiger partial charge on any atom is 0.277 e. The first-order valence-electron chi connectivity index (χ1n) is 8.32. The van der Waals surface area contributed by atoms with Gasteiger partial charge in [-0.3, -0.25) is 4.79 Å². The highest BCUT2D eigenvalue weighted by atomic mass is 79.9. The molecule has 2 aromatic rings. The topological polar surface area (TPSA) is 80.2 Å². The zero-order valence-electron chi connectivity index (χ0n) is 15.7. The normalized spacial score (nSPS) is 11.4. The molecule has 1 amide bonds. The molecule has 2 rings (SSSR count). The molecule has 0 aliphatic carbocycles. The van der Waals surface area contributed by atoms with E-state index in [1.807, 2.05) is 18.2 Å². The summed E-state index contributed by atoms with van der Waals surface area (Å²) in [5.74, 6) is 0.571. The second-order valence-corrected chi connectivity index (χ2v) is 7.76. The third-order valence-electron chi connectivity index (χ3n) is 3.76. The summed E-state index contributed by atoms with van der Waals surface area (Å²) >= 11 is 3.47. The number of phenolic OH excluding ortho intramolecular Hbond substituents is 1. The van der Waals surface area contributed by atoms with Gasteiger partial charge in [-0.15, -0.1) is 0 Å². The molecular formula is C20H23BrN2O4. The van der Waals surface area contributed by atoms with Crippen LogP contribution in [0.3, 0.4) is 0 Å². The highest BCUT2D eigenvalue weighted by Crippen LogP contribution is 2.31. The van der Waals surface area contributed by atoms with Crippen molar-refractivity contribution < 1.29 is 19.4 Å². The van der Waals surface area contributed by atoms with Crippen LogP contribution in [0.4, 0.5) is 0 Å². The van der Waals surface area contributed by atoms with Crippen LogP contribution in [-0.2, 0) is 10.2 Å². The Labute approximate surface area is 167 Å². The number of aromatic hydroxyl groups is 1. The molecule has 0 radical (unpaired) electrons. The van der Waals surface area contributed by atoms with Crippen LogP contribution in [-0.4, -0.2) is 30.9 Å². The number of nitrogens with one attached hydrogen (secondary N) is 1. The van der Waals surface area contributed by atoms with Gasteiger partial charge in [0.15, 0.2) is 18.1 Å². The van der Waals surface area contributed by atoms with Crippen molar-refractivity contribution in [2.24, 2.45) is 5.10 Å². The molecule has 0 aliphatic rings. The Balaban J connectivity index is 1.89. The van der Waals surface area contributed by atoms with Gasteiger partial charge < -0.3 is 14.6 Å². The number of ether oxygens (including phenoxy) is 2. The summed E-state index contributed by atoms with van der Waals surface area (Å²) in [5.41, 5.74) is 4.27. The number of carbonyl (C=O) groups excluding carboxylic acids is 1. The summed E-state index contributed by atoms with van der Waals surface area (Å²) in [5, 5.41) is 13.4. The van der Waals surface area contributed by atoms with Crippen molar-refractivity contribution in [3.05, 3.63) is 52.0 Å². The SMILES string of the molecule is COc1cc(/C=N/NC(=O)COc2ccc(C(C)(C)C)cc2Br)ccc1O. The lowest BCUT2D eigenvalue weighted by Gasteiger charge is -2.20. The number of rotatable bonds is 6. The molecule has 7 heteroatoms. The summed E-state index contributed by atoms with van der Waals surface area (Å²) in [6.07, 6.45) is 1.45. The van der Waals surface area contributed by atoms with Crippen LogP contribution in [0.5, 0.6) is 17.2 Å².